The number of ether oxygens (including phenoxy) is 2. The van der Waals surface area contributed by atoms with Gasteiger partial charge in [0.05, 0.1) is 18.4 Å². The third-order valence-electron chi connectivity index (χ3n) is 4.30. The van der Waals surface area contributed by atoms with Crippen LogP contribution in [0.1, 0.15) is 34.5 Å². The van der Waals surface area contributed by atoms with E-state index in [2.05, 4.69) is 26.5 Å². The normalized spacial score (nSPS) is 11.7. The number of aliphatic hydroxyl groups is 1. The molecule has 0 saturated carbocycles. The number of carbonyl (C=O) groups excluding carboxylic acids is 2. The third-order valence-corrected chi connectivity index (χ3v) is 4.83. The van der Waals surface area contributed by atoms with E-state index in [1.807, 2.05) is 6.92 Å². The van der Waals surface area contributed by atoms with Gasteiger partial charge in [0.2, 0.25) is 0 Å². The number of amides is 1. The van der Waals surface area contributed by atoms with Gasteiger partial charge in [-0.2, -0.15) is 5.10 Å². The van der Waals surface area contributed by atoms with Gasteiger partial charge in [0.15, 0.2) is 17.6 Å². The van der Waals surface area contributed by atoms with Crippen LogP contribution in [0.2, 0.25) is 0 Å². The maximum atomic E-state index is 12.4. The van der Waals surface area contributed by atoms with Crippen molar-refractivity contribution >= 4 is 34.0 Å². The van der Waals surface area contributed by atoms with E-state index in [0.29, 0.717) is 29.0 Å². The van der Waals surface area contributed by atoms with E-state index in [4.69, 9.17) is 9.47 Å². The van der Waals surface area contributed by atoms with Crippen LogP contribution in [0.25, 0.3) is 0 Å². The van der Waals surface area contributed by atoms with Gasteiger partial charge >= 0.3 is 5.97 Å². The molecule has 3 rings (SSSR count). The first-order valence-electron chi connectivity index (χ1n) is 9.78. The molecular formula is C24H21BrN2O5. The summed E-state index contributed by atoms with van der Waals surface area (Å²) < 4.78 is 11.9. The number of carbonyl (C=O) groups is 2. The highest BCUT2D eigenvalue weighted by atomic mass is 79.9. The quantitative estimate of drug-likeness (QED) is 0.210. The predicted molar refractivity (Wildman–Crippen MR) is 124 cm³/mol. The average Bonchev–Trinajstić information content (AvgIpc) is 2.81. The van der Waals surface area contributed by atoms with Crippen molar-refractivity contribution in [1.82, 2.24) is 5.43 Å². The molecule has 0 saturated heterocycles. The lowest BCUT2D eigenvalue weighted by Crippen LogP contribution is -2.25. The number of hydrogen-bond donors (Lipinski definition) is 2. The Morgan fingerprint density at radius 2 is 1.78 bits per heavy atom. The molecule has 8 heteroatoms. The number of benzene rings is 3. The molecule has 0 unspecified atom stereocenters. The Hall–Kier alpha value is -3.49. The second kappa shape index (κ2) is 11.2. The van der Waals surface area contributed by atoms with Crippen molar-refractivity contribution in [2.24, 2.45) is 5.10 Å². The molecule has 0 aliphatic carbocycles. The van der Waals surface area contributed by atoms with Crippen LogP contribution >= 0.6 is 15.9 Å². The minimum atomic E-state index is -1.33. The van der Waals surface area contributed by atoms with Crippen molar-refractivity contribution in [3.63, 3.8) is 0 Å². The summed E-state index contributed by atoms with van der Waals surface area (Å²) in [6.45, 7) is 2.18. The molecule has 2 N–H and O–H groups in total. The molecule has 0 aliphatic rings. The largest absolute Gasteiger partial charge is 0.490 e. The molecule has 0 spiro atoms. The van der Waals surface area contributed by atoms with E-state index in [1.54, 1.807) is 72.8 Å². The molecule has 1 amide bonds. The fraction of sp³-hybridized carbons (Fsp3) is 0.125. The molecule has 164 valence electrons. The summed E-state index contributed by atoms with van der Waals surface area (Å²) in [5.41, 5.74) is 3.78. The molecule has 32 heavy (non-hydrogen) atoms. The molecule has 0 bridgehead atoms. The lowest BCUT2D eigenvalue weighted by Gasteiger charge is -2.11. The Morgan fingerprint density at radius 3 is 2.47 bits per heavy atom. The Labute approximate surface area is 193 Å². The molecule has 3 aromatic rings. The second-order valence-corrected chi connectivity index (χ2v) is 7.50. The molecule has 0 heterocycles. The first-order valence-corrected chi connectivity index (χ1v) is 10.6. The number of hydrogen-bond acceptors (Lipinski definition) is 6. The molecule has 7 nitrogen and oxygen atoms in total. The maximum Gasteiger partial charge on any atom is 0.343 e. The Morgan fingerprint density at radius 1 is 1.06 bits per heavy atom. The summed E-state index contributed by atoms with van der Waals surface area (Å²) in [7, 11) is 0. The SMILES string of the molecule is CCOc1cc(/C=N\NC(=O)[C@H](O)c2ccccc2)ccc1OC(=O)c1ccc(Br)cc1. The first-order chi connectivity index (χ1) is 15.5. The van der Waals surface area contributed by atoms with Crippen molar-refractivity contribution in [2.45, 2.75) is 13.0 Å². The van der Waals surface area contributed by atoms with E-state index < -0.39 is 18.0 Å². The van der Waals surface area contributed by atoms with Crippen LogP contribution in [0.15, 0.2) is 82.4 Å². The monoisotopic (exact) mass is 496 g/mol. The Kier molecular flexibility index (Phi) is 8.13. The van der Waals surface area contributed by atoms with Crippen LogP contribution in [-0.4, -0.2) is 29.8 Å². The molecule has 0 aliphatic heterocycles. The maximum absolute atomic E-state index is 12.4. The molecule has 1 atom stereocenters. The van der Waals surface area contributed by atoms with Gasteiger partial charge in [0.1, 0.15) is 0 Å². The molecular weight excluding hydrogens is 476 g/mol. The number of hydrazone groups is 1. The van der Waals surface area contributed by atoms with E-state index in [-0.39, 0.29) is 5.75 Å². The van der Waals surface area contributed by atoms with E-state index >= 15 is 0 Å². The zero-order valence-corrected chi connectivity index (χ0v) is 18.8. The highest BCUT2D eigenvalue weighted by Crippen LogP contribution is 2.29. The van der Waals surface area contributed by atoms with Crippen molar-refractivity contribution in [3.8, 4) is 11.5 Å². The van der Waals surface area contributed by atoms with Crippen LogP contribution in [0, 0.1) is 0 Å². The summed E-state index contributed by atoms with van der Waals surface area (Å²) in [5, 5.41) is 14.0. The topological polar surface area (TPSA) is 97.2 Å². The van der Waals surface area contributed by atoms with Gasteiger partial charge in [0.25, 0.3) is 5.91 Å². The number of nitrogens with one attached hydrogen (secondary N) is 1. The fourth-order valence-electron chi connectivity index (χ4n) is 2.72. The molecule has 0 fully saturated rings. The minimum Gasteiger partial charge on any atom is -0.490 e. The number of halogens is 1. The van der Waals surface area contributed by atoms with Crippen molar-refractivity contribution in [1.29, 1.82) is 0 Å². The standard InChI is InChI=1S/C24H21BrN2O5/c1-2-31-21-14-16(15-26-27-23(29)22(28)17-6-4-3-5-7-17)8-13-20(21)32-24(30)18-9-11-19(25)12-10-18/h3-15,22,28H,2H2,1H3,(H,27,29)/b26-15-/t22-/m1/s1. The summed E-state index contributed by atoms with van der Waals surface area (Å²) in [6, 6.07) is 20.3. The second-order valence-electron chi connectivity index (χ2n) is 6.58. The highest BCUT2D eigenvalue weighted by molar-refractivity contribution is 9.10. The van der Waals surface area contributed by atoms with E-state index in [9.17, 15) is 14.7 Å². The van der Waals surface area contributed by atoms with Crippen molar-refractivity contribution < 1.29 is 24.2 Å². The van der Waals surface area contributed by atoms with Crippen LogP contribution in [0.5, 0.6) is 11.5 Å². The van der Waals surface area contributed by atoms with Gasteiger partial charge in [-0.1, -0.05) is 46.3 Å². The first kappa shape index (κ1) is 23.2. The van der Waals surface area contributed by atoms with E-state index in [1.165, 1.54) is 6.21 Å². The lowest BCUT2D eigenvalue weighted by atomic mass is 10.1. The molecule has 0 radical (unpaired) electrons. The van der Waals surface area contributed by atoms with Crippen LogP contribution in [0.3, 0.4) is 0 Å². The molecule has 0 aromatic heterocycles. The third kappa shape index (κ3) is 6.26. The Balaban J connectivity index is 1.67. The number of aliphatic hydroxyl groups excluding tert-OH is 1. The van der Waals surface area contributed by atoms with Gasteiger partial charge in [-0.25, -0.2) is 10.2 Å². The summed E-state index contributed by atoms with van der Waals surface area (Å²) in [6.07, 6.45) is 0.0751. The van der Waals surface area contributed by atoms with Crippen LogP contribution in [0.4, 0.5) is 0 Å². The van der Waals surface area contributed by atoms with Gasteiger partial charge < -0.3 is 14.6 Å². The van der Waals surface area contributed by atoms with Gasteiger partial charge in [-0.15, -0.1) is 0 Å². The predicted octanol–water partition coefficient (Wildman–Crippen LogP) is 4.25. The number of rotatable bonds is 8. The summed E-state index contributed by atoms with van der Waals surface area (Å²) in [5.74, 6) is -0.544. The highest BCUT2D eigenvalue weighted by Gasteiger charge is 2.16. The fourth-order valence-corrected chi connectivity index (χ4v) is 2.98. The van der Waals surface area contributed by atoms with Crippen molar-refractivity contribution in [2.75, 3.05) is 6.61 Å². The van der Waals surface area contributed by atoms with Gasteiger partial charge in [0, 0.05) is 4.47 Å². The van der Waals surface area contributed by atoms with Gasteiger partial charge in [-0.3, -0.25) is 4.79 Å². The Bertz CT molecular complexity index is 1100. The van der Waals surface area contributed by atoms with Gasteiger partial charge in [-0.05, 0) is 60.5 Å². The van der Waals surface area contributed by atoms with E-state index in [0.717, 1.165) is 4.47 Å². The number of nitrogens with zero attached hydrogens (tertiary/aromatic N) is 1. The summed E-state index contributed by atoms with van der Waals surface area (Å²) >= 11 is 3.33. The average molecular weight is 497 g/mol. The zero-order valence-electron chi connectivity index (χ0n) is 17.2. The number of esters is 1. The zero-order chi connectivity index (χ0) is 22.9. The smallest absolute Gasteiger partial charge is 0.343 e. The molecule has 3 aromatic carbocycles. The summed E-state index contributed by atoms with van der Waals surface area (Å²) in [4.78, 5) is 24.5. The van der Waals surface area contributed by atoms with Crippen LogP contribution < -0.4 is 14.9 Å². The lowest BCUT2D eigenvalue weighted by molar-refractivity contribution is -0.129. The minimum absolute atomic E-state index is 0.264. The van der Waals surface area contributed by atoms with Crippen molar-refractivity contribution in [3.05, 3.63) is 94.0 Å². The van der Waals surface area contributed by atoms with Crippen LogP contribution in [-0.2, 0) is 4.79 Å².